The zero-order valence-electron chi connectivity index (χ0n) is 15.6. The number of carbonyl (C=O) groups is 1. The van der Waals surface area contributed by atoms with Crippen LogP contribution in [0.1, 0.15) is 37.8 Å². The van der Waals surface area contributed by atoms with Crippen molar-refractivity contribution in [3.05, 3.63) is 24.0 Å². The molecule has 0 bridgehead atoms. The molecule has 4 rings (SSSR count). The Balaban J connectivity index is 1.51. The van der Waals surface area contributed by atoms with Crippen LogP contribution in [-0.4, -0.2) is 66.0 Å². The third-order valence-corrected chi connectivity index (χ3v) is 6.43. The number of pyridine rings is 1. The van der Waals surface area contributed by atoms with Gasteiger partial charge in [-0.3, -0.25) is 14.7 Å². The Hall–Kier alpha value is -1.62. The summed E-state index contributed by atoms with van der Waals surface area (Å²) in [5.74, 6) is 1.15. The van der Waals surface area contributed by atoms with Gasteiger partial charge in [0.25, 0.3) is 0 Å². The maximum atomic E-state index is 12.6. The van der Waals surface area contributed by atoms with Crippen LogP contribution in [0.2, 0.25) is 0 Å². The van der Waals surface area contributed by atoms with Crippen LogP contribution in [0.3, 0.4) is 0 Å². The molecule has 5 heteroatoms. The lowest BCUT2D eigenvalue weighted by Gasteiger charge is -2.50. The van der Waals surface area contributed by atoms with E-state index in [2.05, 4.69) is 45.8 Å². The molecule has 1 saturated carbocycles. The van der Waals surface area contributed by atoms with Crippen molar-refractivity contribution in [2.45, 2.75) is 44.6 Å². The summed E-state index contributed by atoms with van der Waals surface area (Å²) in [6.45, 7) is 7.07. The van der Waals surface area contributed by atoms with E-state index in [9.17, 15) is 4.79 Å². The van der Waals surface area contributed by atoms with Crippen molar-refractivity contribution in [1.82, 2.24) is 14.8 Å². The highest BCUT2D eigenvalue weighted by Crippen LogP contribution is 2.36. The van der Waals surface area contributed by atoms with Crippen LogP contribution in [0.15, 0.2) is 18.3 Å². The van der Waals surface area contributed by atoms with E-state index in [1.807, 2.05) is 6.20 Å². The Bertz CT molecular complexity index is 644. The number of hydrogen-bond acceptors (Lipinski definition) is 4. The number of likely N-dealkylation sites (tertiary alicyclic amines) is 1. The zero-order chi connectivity index (χ0) is 17.4. The molecule has 1 spiro atoms. The van der Waals surface area contributed by atoms with Crippen LogP contribution in [0.4, 0.5) is 5.69 Å². The predicted molar refractivity (Wildman–Crippen MR) is 99.7 cm³/mol. The van der Waals surface area contributed by atoms with Gasteiger partial charge in [-0.1, -0.05) is 0 Å². The van der Waals surface area contributed by atoms with Crippen LogP contribution < -0.4 is 4.90 Å². The standard InChI is InChI=1S/C20H30N4O/c1-16-13-18(6-9-21-16)24-12-11-22(2)20(15-24)7-5-19(25)23(10-8-20)14-17-3-4-17/h6,9,13,17H,3-5,7-8,10-12,14-15H2,1-2H3. The number of nitrogens with zero attached hydrogens (tertiary/aromatic N) is 4. The minimum absolute atomic E-state index is 0.114. The van der Waals surface area contributed by atoms with E-state index in [0.29, 0.717) is 12.3 Å². The number of anilines is 1. The number of amides is 1. The molecule has 5 nitrogen and oxygen atoms in total. The smallest absolute Gasteiger partial charge is 0.222 e. The van der Waals surface area contributed by atoms with Crippen molar-refractivity contribution in [3.8, 4) is 0 Å². The van der Waals surface area contributed by atoms with E-state index in [1.165, 1.54) is 18.5 Å². The van der Waals surface area contributed by atoms with Gasteiger partial charge < -0.3 is 9.80 Å². The van der Waals surface area contributed by atoms with Crippen molar-refractivity contribution in [2.75, 3.05) is 44.7 Å². The van der Waals surface area contributed by atoms with Crippen molar-refractivity contribution in [2.24, 2.45) is 5.92 Å². The molecule has 1 unspecified atom stereocenters. The Kier molecular flexibility index (Phi) is 4.44. The molecule has 3 heterocycles. The summed E-state index contributed by atoms with van der Waals surface area (Å²) in [6.07, 6.45) is 7.28. The maximum absolute atomic E-state index is 12.6. The van der Waals surface area contributed by atoms with E-state index < -0.39 is 0 Å². The number of aryl methyl sites for hydroxylation is 1. The van der Waals surface area contributed by atoms with Gasteiger partial charge in [-0.15, -0.1) is 0 Å². The van der Waals surface area contributed by atoms with Crippen LogP contribution in [0.25, 0.3) is 0 Å². The summed E-state index contributed by atoms with van der Waals surface area (Å²) in [5.41, 5.74) is 2.45. The van der Waals surface area contributed by atoms with Gasteiger partial charge in [0.2, 0.25) is 5.91 Å². The van der Waals surface area contributed by atoms with E-state index >= 15 is 0 Å². The molecule has 3 aliphatic rings. The molecule has 0 N–H and O–H groups in total. The molecule has 1 amide bonds. The molecule has 2 saturated heterocycles. The average molecular weight is 342 g/mol. The monoisotopic (exact) mass is 342 g/mol. The van der Waals surface area contributed by atoms with Gasteiger partial charge in [0.1, 0.15) is 0 Å². The number of piperazine rings is 1. The van der Waals surface area contributed by atoms with Crippen molar-refractivity contribution in [3.63, 3.8) is 0 Å². The fourth-order valence-corrected chi connectivity index (χ4v) is 4.45. The molecule has 136 valence electrons. The van der Waals surface area contributed by atoms with Crippen LogP contribution in [-0.2, 0) is 4.79 Å². The zero-order valence-corrected chi connectivity index (χ0v) is 15.6. The van der Waals surface area contributed by atoms with E-state index in [4.69, 9.17) is 0 Å². The number of rotatable bonds is 3. The van der Waals surface area contributed by atoms with Gasteiger partial charge >= 0.3 is 0 Å². The Morgan fingerprint density at radius 1 is 1.24 bits per heavy atom. The lowest BCUT2D eigenvalue weighted by molar-refractivity contribution is -0.130. The Morgan fingerprint density at radius 3 is 2.84 bits per heavy atom. The third-order valence-electron chi connectivity index (χ3n) is 6.43. The molecule has 2 aliphatic heterocycles. The van der Waals surface area contributed by atoms with Crippen LogP contribution >= 0.6 is 0 Å². The van der Waals surface area contributed by atoms with Gasteiger partial charge in [-0.2, -0.15) is 0 Å². The largest absolute Gasteiger partial charge is 0.368 e. The lowest BCUT2D eigenvalue weighted by atomic mass is 9.86. The molecule has 3 fully saturated rings. The Labute approximate surface area is 151 Å². The highest BCUT2D eigenvalue weighted by molar-refractivity contribution is 5.76. The third kappa shape index (κ3) is 3.52. The summed E-state index contributed by atoms with van der Waals surface area (Å²) >= 11 is 0. The van der Waals surface area contributed by atoms with Crippen molar-refractivity contribution in [1.29, 1.82) is 0 Å². The fraction of sp³-hybridized carbons (Fsp3) is 0.700. The van der Waals surface area contributed by atoms with Crippen LogP contribution in [0, 0.1) is 12.8 Å². The molecular weight excluding hydrogens is 312 g/mol. The summed E-state index contributed by atoms with van der Waals surface area (Å²) in [7, 11) is 2.25. The molecule has 1 aromatic heterocycles. The molecule has 0 radical (unpaired) electrons. The molecule has 1 aliphatic carbocycles. The maximum Gasteiger partial charge on any atom is 0.222 e. The Morgan fingerprint density at radius 2 is 2.08 bits per heavy atom. The normalized spacial score (nSPS) is 28.5. The SMILES string of the molecule is Cc1cc(N2CCN(C)C3(CCC(=O)N(CC4CC4)CC3)C2)ccn1. The quantitative estimate of drug-likeness (QED) is 0.845. The van der Waals surface area contributed by atoms with E-state index in [1.54, 1.807) is 0 Å². The van der Waals surface area contributed by atoms with Crippen LogP contribution in [0.5, 0.6) is 0 Å². The number of hydrogen-bond donors (Lipinski definition) is 0. The minimum atomic E-state index is 0.114. The molecule has 0 aromatic carbocycles. The summed E-state index contributed by atoms with van der Waals surface area (Å²) in [6, 6.07) is 4.30. The lowest BCUT2D eigenvalue weighted by Crippen LogP contribution is -2.61. The first kappa shape index (κ1) is 16.8. The second-order valence-corrected chi connectivity index (χ2v) is 8.26. The van der Waals surface area contributed by atoms with Gasteiger partial charge in [0, 0.05) is 62.3 Å². The van der Waals surface area contributed by atoms with Gasteiger partial charge in [-0.25, -0.2) is 0 Å². The second kappa shape index (κ2) is 6.60. The van der Waals surface area contributed by atoms with Crippen molar-refractivity contribution < 1.29 is 4.79 Å². The molecular formula is C20H30N4O. The second-order valence-electron chi connectivity index (χ2n) is 8.26. The number of carbonyl (C=O) groups excluding carboxylic acids is 1. The molecule has 1 aromatic rings. The summed E-state index contributed by atoms with van der Waals surface area (Å²) in [5, 5.41) is 0. The first-order valence-corrected chi connectivity index (χ1v) is 9.72. The van der Waals surface area contributed by atoms with E-state index in [-0.39, 0.29) is 5.54 Å². The van der Waals surface area contributed by atoms with E-state index in [0.717, 1.165) is 57.2 Å². The highest BCUT2D eigenvalue weighted by atomic mass is 16.2. The van der Waals surface area contributed by atoms with Crippen molar-refractivity contribution >= 4 is 11.6 Å². The first-order chi connectivity index (χ1) is 12.1. The fourth-order valence-electron chi connectivity index (χ4n) is 4.45. The van der Waals surface area contributed by atoms with Gasteiger partial charge in [0.05, 0.1) is 0 Å². The number of aromatic nitrogens is 1. The summed E-state index contributed by atoms with van der Waals surface area (Å²) < 4.78 is 0. The first-order valence-electron chi connectivity index (χ1n) is 9.72. The molecule has 1 atom stereocenters. The highest BCUT2D eigenvalue weighted by Gasteiger charge is 2.43. The summed E-state index contributed by atoms with van der Waals surface area (Å²) in [4.78, 5) is 24.1. The minimum Gasteiger partial charge on any atom is -0.368 e. The van der Waals surface area contributed by atoms with Gasteiger partial charge in [0.15, 0.2) is 0 Å². The number of likely N-dealkylation sites (N-methyl/N-ethyl adjacent to an activating group) is 1. The average Bonchev–Trinajstić information content (AvgIpc) is 3.43. The molecule has 25 heavy (non-hydrogen) atoms. The predicted octanol–water partition coefficient (Wildman–Crippen LogP) is 2.30. The van der Waals surface area contributed by atoms with Gasteiger partial charge in [-0.05, 0) is 57.7 Å². The topological polar surface area (TPSA) is 39.7 Å².